The van der Waals surface area contributed by atoms with E-state index in [-0.39, 0.29) is 43.2 Å². The van der Waals surface area contributed by atoms with Crippen LogP contribution in [0.25, 0.3) is 11.1 Å². The molecule has 2 N–H and O–H groups in total. The van der Waals surface area contributed by atoms with Crippen molar-refractivity contribution < 1.29 is 41.0 Å². The van der Waals surface area contributed by atoms with Crippen molar-refractivity contribution >= 4 is 17.8 Å². The van der Waals surface area contributed by atoms with Crippen LogP contribution in [-0.4, -0.2) is 59.7 Å². The number of rotatable bonds is 6. The van der Waals surface area contributed by atoms with Crippen LogP contribution in [0.4, 0.5) is 37.0 Å². The van der Waals surface area contributed by atoms with Gasteiger partial charge in [0.1, 0.15) is 5.82 Å². The van der Waals surface area contributed by atoms with Gasteiger partial charge in [0.25, 0.3) is 5.91 Å². The van der Waals surface area contributed by atoms with E-state index in [1.807, 2.05) is 30.0 Å². The fourth-order valence-corrected chi connectivity index (χ4v) is 4.60. The maximum absolute atomic E-state index is 13.2. The number of carbonyl (C=O) groups is 2. The minimum absolute atomic E-state index is 0.0608. The molecule has 0 bridgehead atoms. The van der Waals surface area contributed by atoms with Crippen molar-refractivity contribution in [1.29, 1.82) is 0 Å². The van der Waals surface area contributed by atoms with Crippen molar-refractivity contribution in [2.75, 3.05) is 37.6 Å². The molecular formula is C28H26F6N4O3. The molecule has 2 heterocycles. The summed E-state index contributed by atoms with van der Waals surface area (Å²) in [4.78, 5) is 32.0. The van der Waals surface area contributed by atoms with Crippen LogP contribution < -0.4 is 10.2 Å². The number of halogens is 6. The van der Waals surface area contributed by atoms with Crippen molar-refractivity contribution in [3.05, 3.63) is 82.5 Å². The molecule has 1 fully saturated rings. The summed E-state index contributed by atoms with van der Waals surface area (Å²) in [6.07, 6.45) is -9.84. The second kappa shape index (κ2) is 11.7. The summed E-state index contributed by atoms with van der Waals surface area (Å²) in [6, 6.07) is 10.4. The summed E-state index contributed by atoms with van der Waals surface area (Å²) in [6.45, 7) is 3.00. The average molecular weight is 581 g/mol. The standard InChI is InChI=1S/C28H26F6N4O3/c1-17-4-2-3-5-21(17)22-15-24(37-8-10-38(11-9-37)26(40)41)36-16-23(22)25(39)35-7-6-18-12-19(27(29,30)31)14-20(13-18)28(32,33)34/h2-5,12-16H,6-11H2,1H3,(H,35,39)(H,40,41). The Kier molecular flexibility index (Phi) is 8.45. The monoisotopic (exact) mass is 580 g/mol. The number of nitrogens with one attached hydrogen (secondary N) is 1. The molecule has 0 unspecified atom stereocenters. The summed E-state index contributed by atoms with van der Waals surface area (Å²) < 4.78 is 79.2. The highest BCUT2D eigenvalue weighted by molar-refractivity contribution is 6.01. The van der Waals surface area contributed by atoms with E-state index in [1.165, 1.54) is 11.1 Å². The van der Waals surface area contributed by atoms with Gasteiger partial charge in [0.15, 0.2) is 0 Å². The van der Waals surface area contributed by atoms with Crippen LogP contribution >= 0.6 is 0 Å². The van der Waals surface area contributed by atoms with Gasteiger partial charge in [-0.1, -0.05) is 24.3 Å². The molecule has 2 aromatic carbocycles. The van der Waals surface area contributed by atoms with E-state index in [2.05, 4.69) is 10.3 Å². The number of aromatic nitrogens is 1. The number of carbonyl (C=O) groups excluding carboxylic acids is 1. The van der Waals surface area contributed by atoms with E-state index >= 15 is 0 Å². The Morgan fingerprint density at radius 1 is 0.902 bits per heavy atom. The minimum Gasteiger partial charge on any atom is -0.465 e. The first-order valence-corrected chi connectivity index (χ1v) is 12.6. The normalized spacial score (nSPS) is 14.2. The van der Waals surface area contributed by atoms with E-state index < -0.39 is 35.5 Å². The van der Waals surface area contributed by atoms with Crippen molar-refractivity contribution in [2.45, 2.75) is 25.7 Å². The SMILES string of the molecule is Cc1ccccc1-c1cc(N2CCN(C(=O)O)CC2)ncc1C(=O)NCCc1cc(C(F)(F)F)cc(C(F)(F)F)c1. The molecule has 1 saturated heterocycles. The maximum atomic E-state index is 13.2. The van der Waals surface area contributed by atoms with Crippen LogP contribution in [0.2, 0.25) is 0 Å². The molecule has 1 aliphatic rings. The molecule has 0 radical (unpaired) electrons. The highest BCUT2D eigenvalue weighted by atomic mass is 19.4. The molecule has 41 heavy (non-hydrogen) atoms. The van der Waals surface area contributed by atoms with E-state index in [9.17, 15) is 41.0 Å². The van der Waals surface area contributed by atoms with Gasteiger partial charge in [0, 0.05) is 38.9 Å². The first-order valence-electron chi connectivity index (χ1n) is 12.6. The second-order valence-corrected chi connectivity index (χ2v) is 9.58. The molecule has 218 valence electrons. The third-order valence-electron chi connectivity index (χ3n) is 6.79. The number of anilines is 1. The first kappa shape index (κ1) is 29.7. The molecule has 0 spiro atoms. The maximum Gasteiger partial charge on any atom is 0.416 e. The zero-order valence-corrected chi connectivity index (χ0v) is 21.8. The Labute approximate surface area is 231 Å². The predicted octanol–water partition coefficient (Wildman–Crippen LogP) is 5.87. The van der Waals surface area contributed by atoms with Crippen LogP contribution in [0.5, 0.6) is 0 Å². The molecule has 7 nitrogen and oxygen atoms in total. The third kappa shape index (κ3) is 7.08. The van der Waals surface area contributed by atoms with Crippen molar-refractivity contribution in [3.63, 3.8) is 0 Å². The van der Waals surface area contributed by atoms with E-state index in [4.69, 9.17) is 0 Å². The Hall–Kier alpha value is -4.29. The Morgan fingerprint density at radius 3 is 2.07 bits per heavy atom. The lowest BCUT2D eigenvalue weighted by Gasteiger charge is -2.34. The fourth-order valence-electron chi connectivity index (χ4n) is 4.60. The highest BCUT2D eigenvalue weighted by Crippen LogP contribution is 2.36. The van der Waals surface area contributed by atoms with Gasteiger partial charge in [-0.05, 0) is 59.9 Å². The lowest BCUT2D eigenvalue weighted by Crippen LogP contribution is -2.48. The molecule has 0 aliphatic carbocycles. The summed E-state index contributed by atoms with van der Waals surface area (Å²) in [7, 11) is 0. The number of carboxylic acid groups (broad SMARTS) is 1. The van der Waals surface area contributed by atoms with Gasteiger partial charge in [-0.3, -0.25) is 4.79 Å². The van der Waals surface area contributed by atoms with Crippen LogP contribution in [-0.2, 0) is 18.8 Å². The molecule has 0 atom stereocenters. The molecule has 1 aliphatic heterocycles. The number of benzene rings is 2. The van der Waals surface area contributed by atoms with Gasteiger partial charge in [0.2, 0.25) is 0 Å². The lowest BCUT2D eigenvalue weighted by molar-refractivity contribution is -0.143. The minimum atomic E-state index is -4.96. The van der Waals surface area contributed by atoms with Crippen LogP contribution in [0.1, 0.15) is 32.6 Å². The smallest absolute Gasteiger partial charge is 0.416 e. The molecule has 4 rings (SSSR count). The fraction of sp³-hybridized carbons (Fsp3) is 0.321. The van der Waals surface area contributed by atoms with Gasteiger partial charge in [0.05, 0.1) is 16.7 Å². The Bertz CT molecular complexity index is 1400. The van der Waals surface area contributed by atoms with Crippen LogP contribution in [0, 0.1) is 6.92 Å². The zero-order chi connectivity index (χ0) is 29.9. The largest absolute Gasteiger partial charge is 0.465 e. The topological polar surface area (TPSA) is 85.8 Å². The number of nitrogens with zero attached hydrogens (tertiary/aromatic N) is 3. The van der Waals surface area contributed by atoms with Crippen LogP contribution in [0.3, 0.4) is 0 Å². The molecular weight excluding hydrogens is 554 g/mol. The Balaban J connectivity index is 1.56. The summed E-state index contributed by atoms with van der Waals surface area (Å²) in [5.41, 5.74) is -0.757. The average Bonchev–Trinajstić information content (AvgIpc) is 2.92. The number of alkyl halides is 6. The van der Waals surface area contributed by atoms with Crippen LogP contribution in [0.15, 0.2) is 54.7 Å². The first-order chi connectivity index (χ1) is 19.2. The predicted molar refractivity (Wildman–Crippen MR) is 139 cm³/mol. The van der Waals surface area contributed by atoms with Crippen molar-refractivity contribution in [2.24, 2.45) is 0 Å². The lowest BCUT2D eigenvalue weighted by atomic mass is 9.96. The third-order valence-corrected chi connectivity index (χ3v) is 6.79. The number of hydrogen-bond donors (Lipinski definition) is 2. The molecule has 13 heteroatoms. The molecule has 1 aromatic heterocycles. The van der Waals surface area contributed by atoms with Gasteiger partial charge < -0.3 is 20.2 Å². The second-order valence-electron chi connectivity index (χ2n) is 9.58. The van der Waals surface area contributed by atoms with Gasteiger partial charge in [-0.15, -0.1) is 0 Å². The van der Waals surface area contributed by atoms with Gasteiger partial charge in [-0.2, -0.15) is 26.3 Å². The summed E-state index contributed by atoms with van der Waals surface area (Å²) in [5.74, 6) is -0.0606. The van der Waals surface area contributed by atoms with E-state index in [1.54, 1.807) is 12.1 Å². The van der Waals surface area contributed by atoms with E-state index in [0.717, 1.165) is 11.1 Å². The van der Waals surface area contributed by atoms with Crippen molar-refractivity contribution in [3.8, 4) is 11.1 Å². The number of hydrogen-bond acceptors (Lipinski definition) is 4. The van der Waals surface area contributed by atoms with Crippen molar-refractivity contribution in [1.82, 2.24) is 15.2 Å². The zero-order valence-electron chi connectivity index (χ0n) is 21.8. The molecule has 0 saturated carbocycles. The number of aryl methyl sites for hydroxylation is 1. The highest BCUT2D eigenvalue weighted by Gasteiger charge is 2.36. The number of amides is 2. The number of pyridine rings is 1. The van der Waals surface area contributed by atoms with Gasteiger partial charge in [-0.25, -0.2) is 9.78 Å². The summed E-state index contributed by atoms with van der Waals surface area (Å²) >= 11 is 0. The Morgan fingerprint density at radius 2 is 1.51 bits per heavy atom. The number of piperazine rings is 1. The molecule has 3 aromatic rings. The molecule has 2 amide bonds. The van der Waals surface area contributed by atoms with E-state index in [0.29, 0.717) is 36.6 Å². The summed E-state index contributed by atoms with van der Waals surface area (Å²) in [5, 5.41) is 11.8. The van der Waals surface area contributed by atoms with Gasteiger partial charge >= 0.3 is 18.4 Å². The quantitative estimate of drug-likeness (QED) is 0.357.